The highest BCUT2D eigenvalue weighted by molar-refractivity contribution is 7.86. The van der Waals surface area contributed by atoms with Crippen molar-refractivity contribution in [2.24, 2.45) is 0 Å². The smallest absolute Gasteiger partial charge is 0.485 e. The molecule has 0 saturated heterocycles. The number of alkyl halides is 3. The monoisotopic (exact) mass is 308 g/mol. The van der Waals surface area contributed by atoms with E-state index in [-0.39, 0.29) is 0 Å². The zero-order valence-corrected chi connectivity index (χ0v) is 10.9. The van der Waals surface area contributed by atoms with E-state index in [1.54, 1.807) is 0 Å². The molecule has 0 heterocycles. The highest BCUT2D eigenvalue weighted by Gasteiger charge is 2.36. The summed E-state index contributed by atoms with van der Waals surface area (Å²) in [5.74, 6) is 0. The van der Waals surface area contributed by atoms with Crippen LogP contribution >= 0.6 is 0 Å². The Kier molecular flexibility index (Phi) is 10.8. The molecule has 0 aliphatic rings. The molecule has 0 aliphatic heterocycles. The summed E-state index contributed by atoms with van der Waals surface area (Å²) in [5.41, 5.74) is -5.65. The van der Waals surface area contributed by atoms with Crippen molar-refractivity contribution in [3.63, 3.8) is 0 Å². The summed E-state index contributed by atoms with van der Waals surface area (Å²) in [6, 6.07) is 0. The van der Waals surface area contributed by atoms with E-state index >= 15 is 0 Å². The highest BCUT2D eigenvalue weighted by Crippen LogP contribution is 2.20. The summed E-state index contributed by atoms with van der Waals surface area (Å²) in [4.78, 5) is 0. The fourth-order valence-electron chi connectivity index (χ4n) is 0. The molecule has 0 aromatic carbocycles. The molecule has 0 aromatic heterocycles. The minimum Gasteiger partial charge on any atom is -0.741 e. The third-order valence-corrected chi connectivity index (χ3v) is 0.850. The van der Waals surface area contributed by atoms with Crippen LogP contribution in [0.3, 0.4) is 0 Å². The van der Waals surface area contributed by atoms with Gasteiger partial charge in [-0.05, 0) is 11.8 Å². The van der Waals surface area contributed by atoms with E-state index in [1.165, 1.54) is 11.8 Å². The van der Waals surface area contributed by atoms with Gasteiger partial charge in [0.2, 0.25) is 0 Å². The second-order valence-corrected chi connectivity index (χ2v) is 5.81. The molecule has 0 bridgehead atoms. The van der Waals surface area contributed by atoms with Gasteiger partial charge in [0.1, 0.15) is 0 Å². The second kappa shape index (κ2) is 8.11. The molecule has 6 nitrogen and oxygen atoms in total. The minimum absolute atomic E-state index is 0.715. The Morgan fingerprint density at radius 3 is 1.19 bits per heavy atom. The first-order valence-corrected chi connectivity index (χ1v) is 8.14. The third kappa shape index (κ3) is 29.2. The lowest BCUT2D eigenvalue weighted by molar-refractivity contribution is -0.0517. The van der Waals surface area contributed by atoms with Crippen molar-refractivity contribution in [1.82, 2.24) is 0 Å². The zero-order valence-electron chi connectivity index (χ0n) is 8.39. The van der Waals surface area contributed by atoms with Crippen molar-refractivity contribution in [1.29, 1.82) is 0 Å². The molecule has 16 heavy (non-hydrogen) atoms. The second-order valence-electron chi connectivity index (χ2n) is 2.08. The van der Waals surface area contributed by atoms with Gasteiger partial charge in [0, 0.05) is 0 Å². The first-order valence-electron chi connectivity index (χ1n) is 3.09. The summed E-state index contributed by atoms with van der Waals surface area (Å²) in [5, 5.41) is 0. The van der Waals surface area contributed by atoms with Crippen LogP contribution < -0.4 is 0 Å². The molecule has 0 aliphatic carbocycles. The lowest BCUT2D eigenvalue weighted by Crippen LogP contribution is -2.21. The van der Waals surface area contributed by atoms with E-state index in [9.17, 15) is 21.6 Å². The molecule has 0 unspecified atom stereocenters. The molecule has 102 valence electrons. The van der Waals surface area contributed by atoms with E-state index in [4.69, 9.17) is 17.5 Å². The van der Waals surface area contributed by atoms with Crippen LogP contribution in [0.5, 0.6) is 0 Å². The van der Waals surface area contributed by atoms with E-state index < -0.39 is 25.7 Å². The SMILES string of the molecule is CS(=O)(=O)O.C[SH+]C.O=S(=O)([O-])C(F)(F)F. The molecule has 0 saturated carbocycles. The Hall–Kier alpha value is -0.0400. The lowest BCUT2D eigenvalue weighted by atomic mass is 11.6. The van der Waals surface area contributed by atoms with Crippen molar-refractivity contribution < 1.29 is 39.1 Å². The Labute approximate surface area is 95.7 Å². The normalized spacial score (nSPS) is 11.8. The topological polar surface area (TPSA) is 112 Å². The molecule has 0 aromatic rings. The van der Waals surface area contributed by atoms with Crippen molar-refractivity contribution in [3.05, 3.63) is 0 Å². The minimum atomic E-state index is -6.09. The number of halogens is 3. The van der Waals surface area contributed by atoms with Crippen LogP contribution in [0.2, 0.25) is 0 Å². The van der Waals surface area contributed by atoms with Crippen LogP contribution in [0.4, 0.5) is 13.2 Å². The van der Waals surface area contributed by atoms with Crippen molar-refractivity contribution in [2.45, 2.75) is 5.51 Å². The molecule has 12 heteroatoms. The van der Waals surface area contributed by atoms with Crippen LogP contribution in [-0.2, 0) is 32.0 Å². The summed E-state index contributed by atoms with van der Waals surface area (Å²) in [6.45, 7) is 0. The first-order chi connectivity index (χ1) is 6.66. The van der Waals surface area contributed by atoms with Gasteiger partial charge in [0.05, 0.1) is 18.8 Å². The number of rotatable bonds is 0. The molecule has 0 spiro atoms. The highest BCUT2D eigenvalue weighted by atomic mass is 32.2. The van der Waals surface area contributed by atoms with Crippen LogP contribution in [0.15, 0.2) is 0 Å². The lowest BCUT2D eigenvalue weighted by Gasteiger charge is -2.08. The summed E-state index contributed by atoms with van der Waals surface area (Å²) in [6.07, 6.45) is 4.91. The van der Waals surface area contributed by atoms with Crippen molar-refractivity contribution in [3.8, 4) is 0 Å². The van der Waals surface area contributed by atoms with E-state index in [0.29, 0.717) is 6.26 Å². The van der Waals surface area contributed by atoms with Gasteiger partial charge in [-0.25, -0.2) is 8.42 Å². The zero-order chi connectivity index (χ0) is 14.2. The summed E-state index contributed by atoms with van der Waals surface area (Å²) >= 11 is 1.42. The maximum atomic E-state index is 10.7. The fraction of sp³-hybridized carbons (Fsp3) is 1.00. The Balaban J connectivity index is -0.000000181. The Bertz CT molecular complexity index is 347. The Morgan fingerprint density at radius 1 is 1.12 bits per heavy atom. The standard InChI is InChI=1S/C2H6S.CHF3O3S.CH4O3S/c1-3-2;2-1(3,4)8(5,6)7;1-5(2,3)4/h1-2H3;(H,5,6,7);1H3,(H,2,3,4). The first kappa shape index (κ1) is 21.3. The van der Waals surface area contributed by atoms with E-state index in [0.717, 1.165) is 0 Å². The van der Waals surface area contributed by atoms with Crippen LogP contribution in [0, 0.1) is 0 Å². The number of hydrogen-bond acceptors (Lipinski definition) is 5. The Morgan fingerprint density at radius 2 is 1.19 bits per heavy atom. The van der Waals surface area contributed by atoms with E-state index in [1.807, 2.05) is 0 Å². The third-order valence-electron chi connectivity index (χ3n) is 0.283. The molecule has 0 atom stereocenters. The number of thiol groups is 1. The van der Waals surface area contributed by atoms with Crippen LogP contribution in [0.25, 0.3) is 0 Å². The average Bonchev–Trinajstić information content (AvgIpc) is 1.78. The van der Waals surface area contributed by atoms with Crippen LogP contribution in [-0.4, -0.2) is 50.2 Å². The predicted octanol–water partition coefficient (Wildman–Crippen LogP) is -0.384. The largest absolute Gasteiger partial charge is 0.741 e. The maximum absolute atomic E-state index is 10.7. The van der Waals surface area contributed by atoms with Crippen molar-refractivity contribution >= 4 is 32.0 Å². The molecule has 1 N–H and O–H groups in total. The van der Waals surface area contributed by atoms with Crippen LogP contribution in [0.1, 0.15) is 0 Å². The molecule has 0 radical (unpaired) electrons. The van der Waals surface area contributed by atoms with Gasteiger partial charge in [-0.1, -0.05) is 0 Å². The number of hydrogen-bond donors (Lipinski definition) is 1. The summed E-state index contributed by atoms with van der Waals surface area (Å²) < 4.78 is 84.8. The molecular formula is C4H11F3O6S3. The fourth-order valence-corrected chi connectivity index (χ4v) is 0. The van der Waals surface area contributed by atoms with E-state index in [2.05, 4.69) is 12.5 Å². The molecular weight excluding hydrogens is 297 g/mol. The van der Waals surface area contributed by atoms with Gasteiger partial charge in [-0.2, -0.15) is 21.6 Å². The molecule has 0 rings (SSSR count). The quantitative estimate of drug-likeness (QED) is 0.282. The van der Waals surface area contributed by atoms with Gasteiger partial charge < -0.3 is 4.55 Å². The predicted molar refractivity (Wildman–Crippen MR) is 53.8 cm³/mol. The maximum Gasteiger partial charge on any atom is 0.485 e. The van der Waals surface area contributed by atoms with Crippen molar-refractivity contribution in [2.75, 3.05) is 18.8 Å². The van der Waals surface area contributed by atoms with Gasteiger partial charge in [0.15, 0.2) is 10.1 Å². The van der Waals surface area contributed by atoms with Gasteiger partial charge >= 0.3 is 5.51 Å². The van der Waals surface area contributed by atoms with Gasteiger partial charge in [-0.15, -0.1) is 0 Å². The molecule has 0 fully saturated rings. The van der Waals surface area contributed by atoms with Gasteiger partial charge in [0.25, 0.3) is 10.1 Å². The summed E-state index contributed by atoms with van der Waals surface area (Å²) in [7, 11) is -9.76. The average molecular weight is 308 g/mol. The van der Waals surface area contributed by atoms with Gasteiger partial charge in [-0.3, -0.25) is 4.55 Å². The molecule has 0 amide bonds.